The van der Waals surface area contributed by atoms with Gasteiger partial charge in [-0.3, -0.25) is 0 Å². The molecule has 0 unspecified atom stereocenters. The number of nitrogens with one attached hydrogen (secondary N) is 1. The van der Waals surface area contributed by atoms with Gasteiger partial charge in [0, 0.05) is 12.2 Å². The molecule has 0 saturated heterocycles. The zero-order chi connectivity index (χ0) is 14.1. The molecule has 4 nitrogen and oxygen atoms in total. The lowest BCUT2D eigenvalue weighted by atomic mass is 10.1. The molecule has 1 fully saturated rings. The normalized spacial score (nSPS) is 17.4. The van der Waals surface area contributed by atoms with Gasteiger partial charge in [-0.25, -0.2) is 13.1 Å². The smallest absolute Gasteiger partial charge is 0.240 e. The Morgan fingerprint density at radius 1 is 1.32 bits per heavy atom. The molecule has 1 aromatic rings. The van der Waals surface area contributed by atoms with Crippen LogP contribution in [0.15, 0.2) is 23.1 Å². The van der Waals surface area contributed by atoms with E-state index in [0.29, 0.717) is 23.5 Å². The Morgan fingerprint density at radius 3 is 2.53 bits per heavy atom. The van der Waals surface area contributed by atoms with Crippen LogP contribution in [0.25, 0.3) is 0 Å². The molecule has 1 aliphatic rings. The number of hydrogen-bond donors (Lipinski definition) is 2. The number of sulfonamides is 1. The van der Waals surface area contributed by atoms with Crippen molar-refractivity contribution in [1.29, 1.82) is 0 Å². The second kappa shape index (κ2) is 5.13. The van der Waals surface area contributed by atoms with Gasteiger partial charge in [-0.2, -0.15) is 0 Å². The molecule has 1 saturated carbocycles. The van der Waals surface area contributed by atoms with E-state index in [1.54, 1.807) is 18.2 Å². The van der Waals surface area contributed by atoms with Crippen LogP contribution in [0.1, 0.15) is 38.7 Å². The molecule has 3 N–H and O–H groups in total. The quantitative estimate of drug-likeness (QED) is 0.786. The van der Waals surface area contributed by atoms with Crippen LogP contribution in [-0.4, -0.2) is 15.0 Å². The Morgan fingerprint density at radius 2 is 2.00 bits per heavy atom. The number of benzene rings is 1. The largest absolute Gasteiger partial charge is 0.399 e. The van der Waals surface area contributed by atoms with Gasteiger partial charge >= 0.3 is 0 Å². The van der Waals surface area contributed by atoms with Gasteiger partial charge in [-0.05, 0) is 48.8 Å². The van der Waals surface area contributed by atoms with Crippen LogP contribution in [0.5, 0.6) is 0 Å². The highest BCUT2D eigenvalue weighted by Gasteiger charge is 2.41. The molecule has 1 aromatic carbocycles. The summed E-state index contributed by atoms with van der Waals surface area (Å²) < 4.78 is 27.5. The van der Waals surface area contributed by atoms with E-state index < -0.39 is 10.0 Å². The molecular weight excluding hydrogens is 260 g/mol. The van der Waals surface area contributed by atoms with Crippen LogP contribution in [-0.2, 0) is 16.4 Å². The topological polar surface area (TPSA) is 72.2 Å². The minimum Gasteiger partial charge on any atom is -0.399 e. The summed E-state index contributed by atoms with van der Waals surface area (Å²) in [6.07, 6.45) is 3.93. The molecule has 1 aliphatic carbocycles. The van der Waals surface area contributed by atoms with Gasteiger partial charge in [-0.15, -0.1) is 0 Å². The molecule has 0 amide bonds. The summed E-state index contributed by atoms with van der Waals surface area (Å²) in [7, 11) is -3.46. The van der Waals surface area contributed by atoms with E-state index in [4.69, 9.17) is 5.73 Å². The number of anilines is 1. The highest BCUT2D eigenvalue weighted by molar-refractivity contribution is 7.89. The summed E-state index contributed by atoms with van der Waals surface area (Å²) in [4.78, 5) is 0.321. The SMILES string of the molecule is CCc1ccc(N)cc1S(=O)(=O)NCC1(CC)CC1. The Kier molecular flexibility index (Phi) is 3.87. The van der Waals surface area contributed by atoms with Gasteiger partial charge in [-0.1, -0.05) is 19.9 Å². The second-order valence-corrected chi connectivity index (χ2v) is 7.13. The fourth-order valence-corrected chi connectivity index (χ4v) is 3.77. The van der Waals surface area contributed by atoms with Crippen LogP contribution < -0.4 is 10.5 Å². The molecule has 0 aromatic heterocycles. The van der Waals surface area contributed by atoms with Gasteiger partial charge in [0.15, 0.2) is 0 Å². The summed E-state index contributed by atoms with van der Waals surface area (Å²) in [5, 5.41) is 0. The molecule has 5 heteroatoms. The van der Waals surface area contributed by atoms with Gasteiger partial charge in [0.05, 0.1) is 4.90 Å². The van der Waals surface area contributed by atoms with Crippen LogP contribution in [0.2, 0.25) is 0 Å². The molecule has 0 aliphatic heterocycles. The molecule has 0 radical (unpaired) electrons. The van der Waals surface area contributed by atoms with Crippen LogP contribution in [0.4, 0.5) is 5.69 Å². The lowest BCUT2D eigenvalue weighted by molar-refractivity contribution is 0.475. The predicted molar refractivity (Wildman–Crippen MR) is 77.4 cm³/mol. The Labute approximate surface area is 115 Å². The first-order valence-corrected chi connectivity index (χ1v) is 8.29. The van der Waals surface area contributed by atoms with E-state index >= 15 is 0 Å². The van der Waals surface area contributed by atoms with Crippen LogP contribution >= 0.6 is 0 Å². The number of hydrogen-bond acceptors (Lipinski definition) is 3. The first kappa shape index (κ1) is 14.3. The molecule has 2 rings (SSSR count). The maximum atomic E-state index is 12.4. The van der Waals surface area contributed by atoms with Crippen molar-refractivity contribution in [2.24, 2.45) is 5.41 Å². The fourth-order valence-electron chi connectivity index (χ4n) is 2.27. The van der Waals surface area contributed by atoms with Gasteiger partial charge in [0.1, 0.15) is 0 Å². The molecule has 106 valence electrons. The minimum absolute atomic E-state index is 0.194. The van der Waals surface area contributed by atoms with Crippen molar-refractivity contribution < 1.29 is 8.42 Å². The maximum Gasteiger partial charge on any atom is 0.240 e. The number of rotatable bonds is 6. The average Bonchev–Trinajstić information content (AvgIpc) is 3.17. The third-order valence-corrected chi connectivity index (χ3v) is 5.59. The van der Waals surface area contributed by atoms with E-state index in [2.05, 4.69) is 11.6 Å². The lowest BCUT2D eigenvalue weighted by Crippen LogP contribution is -2.30. The van der Waals surface area contributed by atoms with Crippen molar-refractivity contribution in [3.05, 3.63) is 23.8 Å². The Bertz CT molecular complexity index is 563. The first-order valence-electron chi connectivity index (χ1n) is 6.80. The van der Waals surface area contributed by atoms with E-state index in [9.17, 15) is 8.42 Å². The van der Waals surface area contributed by atoms with Crippen molar-refractivity contribution in [3.63, 3.8) is 0 Å². The van der Waals surface area contributed by atoms with Crippen molar-refractivity contribution in [2.45, 2.75) is 44.4 Å². The number of nitrogens with two attached hydrogens (primary N) is 1. The molecular formula is C14H22N2O2S. The van der Waals surface area contributed by atoms with E-state index in [0.717, 1.165) is 24.8 Å². The average molecular weight is 282 g/mol. The third kappa shape index (κ3) is 3.09. The predicted octanol–water partition coefficient (Wildman–Crippen LogP) is 2.30. The highest BCUT2D eigenvalue weighted by Crippen LogP contribution is 2.48. The van der Waals surface area contributed by atoms with Crippen molar-refractivity contribution in [2.75, 3.05) is 12.3 Å². The van der Waals surface area contributed by atoms with Gasteiger partial charge in [0.25, 0.3) is 0 Å². The van der Waals surface area contributed by atoms with E-state index in [-0.39, 0.29) is 5.41 Å². The monoisotopic (exact) mass is 282 g/mol. The van der Waals surface area contributed by atoms with Crippen molar-refractivity contribution >= 4 is 15.7 Å². The zero-order valence-electron chi connectivity index (χ0n) is 11.6. The molecule has 0 bridgehead atoms. The van der Waals surface area contributed by atoms with E-state index in [1.165, 1.54) is 0 Å². The maximum absolute atomic E-state index is 12.4. The lowest BCUT2D eigenvalue weighted by Gasteiger charge is -2.15. The molecule has 0 spiro atoms. The van der Waals surface area contributed by atoms with Crippen molar-refractivity contribution in [1.82, 2.24) is 4.72 Å². The summed E-state index contributed by atoms with van der Waals surface area (Å²) >= 11 is 0. The van der Waals surface area contributed by atoms with Gasteiger partial charge < -0.3 is 5.73 Å². The zero-order valence-corrected chi connectivity index (χ0v) is 12.4. The molecule has 0 atom stereocenters. The summed E-state index contributed by atoms with van der Waals surface area (Å²) in [5.41, 5.74) is 7.19. The van der Waals surface area contributed by atoms with Gasteiger partial charge in [0.2, 0.25) is 10.0 Å². The minimum atomic E-state index is -3.46. The number of nitrogen functional groups attached to an aromatic ring is 1. The highest BCUT2D eigenvalue weighted by atomic mass is 32.2. The summed E-state index contributed by atoms with van der Waals surface area (Å²) in [6, 6.07) is 5.08. The van der Waals surface area contributed by atoms with E-state index in [1.807, 2.05) is 6.92 Å². The summed E-state index contributed by atoms with van der Waals surface area (Å²) in [5.74, 6) is 0. The summed E-state index contributed by atoms with van der Waals surface area (Å²) in [6.45, 7) is 4.59. The van der Waals surface area contributed by atoms with Crippen molar-refractivity contribution in [3.8, 4) is 0 Å². The molecule has 0 heterocycles. The Balaban J connectivity index is 2.21. The molecule has 19 heavy (non-hydrogen) atoms. The number of aryl methyl sites for hydroxylation is 1. The first-order chi connectivity index (χ1) is 8.92. The van der Waals surface area contributed by atoms with Crippen LogP contribution in [0, 0.1) is 5.41 Å². The third-order valence-electron chi connectivity index (χ3n) is 4.11. The Hall–Kier alpha value is -1.07. The second-order valence-electron chi connectivity index (χ2n) is 5.40. The fraction of sp³-hybridized carbons (Fsp3) is 0.571. The standard InChI is InChI=1S/C14H22N2O2S/c1-3-11-5-6-12(15)9-13(11)19(17,18)16-10-14(4-2)7-8-14/h5-6,9,16H,3-4,7-8,10,15H2,1-2H3. The van der Waals surface area contributed by atoms with Crippen LogP contribution in [0.3, 0.4) is 0 Å².